The molecular weight excluding hydrogens is 399 g/mol. The van der Waals surface area contributed by atoms with Crippen LogP contribution in [0.4, 0.5) is 10.1 Å². The molecule has 0 fully saturated rings. The lowest BCUT2D eigenvalue weighted by Crippen LogP contribution is -2.41. The predicted molar refractivity (Wildman–Crippen MR) is 107 cm³/mol. The third kappa shape index (κ3) is 5.60. The summed E-state index contributed by atoms with van der Waals surface area (Å²) in [5, 5.41) is 2.76. The van der Waals surface area contributed by atoms with Crippen molar-refractivity contribution in [1.29, 1.82) is 0 Å². The Labute approximate surface area is 169 Å². The highest BCUT2D eigenvalue weighted by molar-refractivity contribution is 7.92. The van der Waals surface area contributed by atoms with Crippen LogP contribution in [0.25, 0.3) is 0 Å². The summed E-state index contributed by atoms with van der Waals surface area (Å²) in [7, 11) is -3.67. The number of nitrogens with one attached hydrogen (secondary N) is 1. The van der Waals surface area contributed by atoms with Gasteiger partial charge in [-0.05, 0) is 30.7 Å². The summed E-state index contributed by atoms with van der Waals surface area (Å²) < 4.78 is 50.4. The van der Waals surface area contributed by atoms with E-state index in [2.05, 4.69) is 5.32 Å². The summed E-state index contributed by atoms with van der Waals surface area (Å²) in [4.78, 5) is 12.1. The molecule has 2 aromatic carbocycles. The van der Waals surface area contributed by atoms with E-state index in [0.717, 1.165) is 10.6 Å². The van der Waals surface area contributed by atoms with Gasteiger partial charge in [-0.3, -0.25) is 9.10 Å². The van der Waals surface area contributed by atoms with E-state index in [1.54, 1.807) is 12.1 Å². The van der Waals surface area contributed by atoms with Crippen molar-refractivity contribution in [3.05, 3.63) is 54.3 Å². The van der Waals surface area contributed by atoms with Gasteiger partial charge in [-0.25, -0.2) is 12.8 Å². The van der Waals surface area contributed by atoms with Crippen molar-refractivity contribution in [3.8, 4) is 11.5 Å². The minimum atomic E-state index is -3.67. The van der Waals surface area contributed by atoms with Gasteiger partial charge < -0.3 is 14.8 Å². The molecule has 0 aliphatic carbocycles. The van der Waals surface area contributed by atoms with Crippen LogP contribution in [0.5, 0.6) is 11.5 Å². The maximum absolute atomic E-state index is 14.0. The second-order valence-electron chi connectivity index (χ2n) is 6.69. The molecule has 1 aliphatic rings. The minimum absolute atomic E-state index is 0.00357. The van der Waals surface area contributed by atoms with E-state index in [1.165, 1.54) is 18.2 Å². The van der Waals surface area contributed by atoms with Crippen LogP contribution in [0.2, 0.25) is 0 Å². The summed E-state index contributed by atoms with van der Waals surface area (Å²) in [5.74, 6) is 0.433. The van der Waals surface area contributed by atoms with E-state index in [1.807, 2.05) is 18.2 Å². The molecule has 0 bridgehead atoms. The summed E-state index contributed by atoms with van der Waals surface area (Å²) in [6.45, 7) is 0.603. The monoisotopic (exact) mass is 422 g/mol. The first-order chi connectivity index (χ1) is 13.8. The van der Waals surface area contributed by atoms with Crippen LogP contribution < -0.4 is 19.1 Å². The molecule has 0 spiro atoms. The van der Waals surface area contributed by atoms with Gasteiger partial charge >= 0.3 is 0 Å². The Kier molecular flexibility index (Phi) is 6.58. The van der Waals surface area contributed by atoms with Gasteiger partial charge in [0.15, 0.2) is 11.5 Å². The fraction of sp³-hybridized carbons (Fsp3) is 0.350. The molecule has 7 nitrogen and oxygen atoms in total. The zero-order valence-corrected chi connectivity index (χ0v) is 16.8. The lowest BCUT2D eigenvalue weighted by atomic mass is 10.2. The van der Waals surface area contributed by atoms with Crippen molar-refractivity contribution in [3.63, 3.8) is 0 Å². The molecule has 3 rings (SSSR count). The molecule has 1 heterocycles. The number of anilines is 1. The molecule has 0 saturated carbocycles. The van der Waals surface area contributed by atoms with Crippen molar-refractivity contribution >= 4 is 21.6 Å². The predicted octanol–water partition coefficient (Wildman–Crippen LogP) is 2.33. The van der Waals surface area contributed by atoms with Crippen LogP contribution in [0, 0.1) is 5.82 Å². The largest absolute Gasteiger partial charge is 0.486 e. The molecule has 29 heavy (non-hydrogen) atoms. The topological polar surface area (TPSA) is 84.9 Å². The van der Waals surface area contributed by atoms with Gasteiger partial charge in [0.1, 0.15) is 18.5 Å². The standard InChI is InChI=1S/C20H23FN2O5S/c1-29(25,26)23(17-8-3-2-7-16(17)21)12-6-11-20(24)22-13-15-14-27-18-9-4-5-10-19(18)28-15/h2-5,7-10,15H,6,11-14H2,1H3,(H,22,24). The molecule has 1 amide bonds. The number of halogens is 1. The third-order valence-electron chi connectivity index (χ3n) is 4.38. The molecular formula is C20H23FN2O5S. The first-order valence-corrected chi connectivity index (χ1v) is 11.1. The van der Waals surface area contributed by atoms with Gasteiger partial charge in [0.2, 0.25) is 15.9 Å². The number of sulfonamides is 1. The Morgan fingerprint density at radius 1 is 1.17 bits per heavy atom. The van der Waals surface area contributed by atoms with Crippen molar-refractivity contribution in [2.45, 2.75) is 18.9 Å². The molecule has 2 aromatic rings. The fourth-order valence-electron chi connectivity index (χ4n) is 2.98. The normalized spacial score (nSPS) is 15.6. The van der Waals surface area contributed by atoms with Gasteiger partial charge in [-0.1, -0.05) is 24.3 Å². The quantitative estimate of drug-likeness (QED) is 0.706. The lowest BCUT2D eigenvalue weighted by molar-refractivity contribution is -0.121. The summed E-state index contributed by atoms with van der Waals surface area (Å²) >= 11 is 0. The summed E-state index contributed by atoms with van der Waals surface area (Å²) in [6, 6.07) is 13.0. The number of carbonyl (C=O) groups excluding carboxylic acids is 1. The second kappa shape index (κ2) is 9.13. The summed E-state index contributed by atoms with van der Waals surface area (Å²) in [5.41, 5.74) is -0.0261. The highest BCUT2D eigenvalue weighted by Gasteiger charge is 2.22. The van der Waals surface area contributed by atoms with Crippen LogP contribution >= 0.6 is 0 Å². The molecule has 156 valence electrons. The Bertz CT molecular complexity index is 967. The number of carbonyl (C=O) groups is 1. The van der Waals surface area contributed by atoms with E-state index in [-0.39, 0.29) is 43.6 Å². The number of rotatable bonds is 8. The van der Waals surface area contributed by atoms with Crippen molar-refractivity contribution in [2.75, 3.05) is 30.3 Å². The smallest absolute Gasteiger partial charge is 0.232 e. The van der Waals surface area contributed by atoms with Crippen LogP contribution in [0.15, 0.2) is 48.5 Å². The van der Waals surface area contributed by atoms with E-state index < -0.39 is 15.8 Å². The van der Waals surface area contributed by atoms with E-state index in [9.17, 15) is 17.6 Å². The number of amides is 1. The van der Waals surface area contributed by atoms with Gasteiger partial charge in [0.05, 0.1) is 18.5 Å². The fourth-order valence-corrected chi connectivity index (χ4v) is 3.95. The maximum atomic E-state index is 14.0. The first-order valence-electron chi connectivity index (χ1n) is 9.22. The second-order valence-corrected chi connectivity index (χ2v) is 8.60. The minimum Gasteiger partial charge on any atom is -0.486 e. The molecule has 9 heteroatoms. The number of ether oxygens (including phenoxy) is 2. The maximum Gasteiger partial charge on any atom is 0.232 e. The van der Waals surface area contributed by atoms with Crippen molar-refractivity contribution < 1.29 is 27.1 Å². The van der Waals surface area contributed by atoms with Crippen LogP contribution in [-0.2, 0) is 14.8 Å². The number of para-hydroxylation sites is 3. The lowest BCUT2D eigenvalue weighted by Gasteiger charge is -2.26. The molecule has 0 radical (unpaired) electrons. The third-order valence-corrected chi connectivity index (χ3v) is 5.56. The molecule has 1 unspecified atom stereocenters. The molecule has 1 aliphatic heterocycles. The molecule has 1 atom stereocenters. The van der Waals surface area contributed by atoms with Crippen molar-refractivity contribution in [1.82, 2.24) is 5.32 Å². The average molecular weight is 422 g/mol. The van der Waals surface area contributed by atoms with Gasteiger partial charge in [-0.15, -0.1) is 0 Å². The number of hydrogen-bond donors (Lipinski definition) is 1. The van der Waals surface area contributed by atoms with Gasteiger partial charge in [0, 0.05) is 13.0 Å². The van der Waals surface area contributed by atoms with Gasteiger partial charge in [0.25, 0.3) is 0 Å². The van der Waals surface area contributed by atoms with Gasteiger partial charge in [-0.2, -0.15) is 0 Å². The number of nitrogens with zero attached hydrogens (tertiary/aromatic N) is 1. The Hall–Kier alpha value is -2.81. The zero-order valence-electron chi connectivity index (χ0n) is 16.0. The zero-order chi connectivity index (χ0) is 20.9. The molecule has 1 N–H and O–H groups in total. The van der Waals surface area contributed by atoms with E-state index >= 15 is 0 Å². The molecule has 0 aromatic heterocycles. The highest BCUT2D eigenvalue weighted by Crippen LogP contribution is 2.30. The Balaban J connectivity index is 1.47. The van der Waals surface area contributed by atoms with E-state index in [4.69, 9.17) is 9.47 Å². The summed E-state index contributed by atoms with van der Waals surface area (Å²) in [6.07, 6.45) is 1.06. The Morgan fingerprint density at radius 2 is 1.86 bits per heavy atom. The van der Waals surface area contributed by atoms with Crippen molar-refractivity contribution in [2.24, 2.45) is 0 Å². The average Bonchev–Trinajstić information content (AvgIpc) is 2.69. The molecule has 0 saturated heterocycles. The highest BCUT2D eigenvalue weighted by atomic mass is 32.2. The van der Waals surface area contributed by atoms with E-state index in [0.29, 0.717) is 18.1 Å². The Morgan fingerprint density at radius 3 is 2.59 bits per heavy atom. The SMILES string of the molecule is CS(=O)(=O)N(CCCC(=O)NCC1COc2ccccc2O1)c1ccccc1F. The number of hydrogen-bond acceptors (Lipinski definition) is 5. The number of benzene rings is 2. The van der Waals surface area contributed by atoms with Crippen LogP contribution in [0.3, 0.4) is 0 Å². The van der Waals surface area contributed by atoms with Crippen LogP contribution in [-0.4, -0.2) is 46.4 Å². The van der Waals surface area contributed by atoms with Crippen LogP contribution in [0.1, 0.15) is 12.8 Å². The number of fused-ring (bicyclic) bond motifs is 1. The first kappa shape index (κ1) is 20.9.